The van der Waals surface area contributed by atoms with E-state index in [9.17, 15) is 0 Å². The van der Waals surface area contributed by atoms with E-state index in [4.69, 9.17) is 29.9 Å². The molecule has 0 saturated heterocycles. The SMILES string of the molecule is CC[C@H](C)CN(c1ccccn1)c1ccc(-c2ccc(N(C[C@@H](C)CC)c3ccc(-c4ccc(N(C[C@@H](C)CC)c5ccc(-c6ccc(N(C[C@@H](C)CC)c7ccccn7)nc6)cn5)nc4)cn3)nc2)cn1. The molecule has 0 bridgehead atoms. The average molecular weight is 959 g/mol. The zero-order chi connectivity index (χ0) is 50.4. The summed E-state index contributed by atoms with van der Waals surface area (Å²) in [6, 6.07) is 37.2. The Hall–Kier alpha value is -7.60. The molecule has 0 saturated carbocycles. The minimum absolute atomic E-state index is 0.431. The lowest BCUT2D eigenvalue weighted by molar-refractivity contribution is 0.564. The molecular weight excluding hydrogens is 889 g/mol. The molecule has 0 aromatic carbocycles. The van der Waals surface area contributed by atoms with Crippen molar-refractivity contribution >= 4 is 46.5 Å². The highest BCUT2D eigenvalue weighted by molar-refractivity contribution is 5.71. The van der Waals surface area contributed by atoms with Crippen molar-refractivity contribution in [1.29, 1.82) is 0 Å². The van der Waals surface area contributed by atoms with Gasteiger partial charge in [-0.1, -0.05) is 93.2 Å². The molecule has 8 aromatic heterocycles. The van der Waals surface area contributed by atoms with E-state index in [-0.39, 0.29) is 0 Å². The van der Waals surface area contributed by atoms with Crippen LogP contribution in [0.25, 0.3) is 33.4 Å². The predicted molar refractivity (Wildman–Crippen MR) is 297 cm³/mol. The Morgan fingerprint density at radius 3 is 0.639 bits per heavy atom. The fraction of sp³-hybridized carbons (Fsp3) is 0.333. The molecule has 0 aliphatic carbocycles. The zero-order valence-corrected chi connectivity index (χ0v) is 43.3. The minimum Gasteiger partial charge on any atom is -0.311 e. The molecule has 12 nitrogen and oxygen atoms in total. The molecule has 0 aliphatic heterocycles. The molecule has 72 heavy (non-hydrogen) atoms. The molecule has 8 rings (SSSR count). The van der Waals surface area contributed by atoms with Gasteiger partial charge >= 0.3 is 0 Å². The first kappa shape index (κ1) is 50.8. The van der Waals surface area contributed by atoms with E-state index in [1.165, 1.54) is 0 Å². The van der Waals surface area contributed by atoms with E-state index in [0.717, 1.165) is 132 Å². The zero-order valence-electron chi connectivity index (χ0n) is 43.3. The van der Waals surface area contributed by atoms with Crippen molar-refractivity contribution in [2.45, 2.75) is 81.1 Å². The van der Waals surface area contributed by atoms with E-state index in [0.29, 0.717) is 23.7 Å². The van der Waals surface area contributed by atoms with Crippen LogP contribution in [0, 0.1) is 23.7 Å². The van der Waals surface area contributed by atoms with Crippen molar-refractivity contribution in [3.8, 4) is 33.4 Å². The van der Waals surface area contributed by atoms with Gasteiger partial charge in [-0.05, 0) is 121 Å². The molecule has 0 fully saturated rings. The highest BCUT2D eigenvalue weighted by atomic mass is 15.3. The lowest BCUT2D eigenvalue weighted by Gasteiger charge is -2.26. The van der Waals surface area contributed by atoms with Gasteiger partial charge in [-0.2, -0.15) is 0 Å². The fourth-order valence-corrected chi connectivity index (χ4v) is 8.31. The highest BCUT2D eigenvalue weighted by Crippen LogP contribution is 2.33. The topological polar surface area (TPSA) is 116 Å². The Kier molecular flexibility index (Phi) is 17.3. The van der Waals surface area contributed by atoms with Crippen LogP contribution >= 0.6 is 0 Å². The second kappa shape index (κ2) is 24.5. The van der Waals surface area contributed by atoms with Gasteiger partial charge in [0.15, 0.2) is 0 Å². The number of hydrogen-bond acceptors (Lipinski definition) is 12. The summed E-state index contributed by atoms with van der Waals surface area (Å²) in [4.78, 5) is 47.9. The third-order valence-corrected chi connectivity index (χ3v) is 13.8. The molecule has 8 aromatic rings. The van der Waals surface area contributed by atoms with Crippen molar-refractivity contribution in [3.63, 3.8) is 0 Å². The number of hydrogen-bond donors (Lipinski definition) is 0. The van der Waals surface area contributed by atoms with E-state index in [1.807, 2.05) is 86.0 Å². The van der Waals surface area contributed by atoms with Crippen LogP contribution in [0.2, 0.25) is 0 Å². The van der Waals surface area contributed by atoms with Crippen LogP contribution in [-0.4, -0.2) is 66.1 Å². The molecule has 0 unspecified atom stereocenters. The summed E-state index contributed by atoms with van der Waals surface area (Å²) in [6.45, 7) is 21.2. The average Bonchev–Trinajstić information content (AvgIpc) is 3.45. The van der Waals surface area contributed by atoms with Crippen molar-refractivity contribution in [3.05, 3.63) is 159 Å². The number of anilines is 8. The quantitative estimate of drug-likeness (QED) is 0.0608. The maximum absolute atomic E-state index is 5.02. The third-order valence-electron chi connectivity index (χ3n) is 13.8. The third kappa shape index (κ3) is 12.6. The summed E-state index contributed by atoms with van der Waals surface area (Å²) in [5, 5.41) is 0. The number of rotatable bonds is 23. The van der Waals surface area contributed by atoms with Crippen LogP contribution in [0.4, 0.5) is 46.5 Å². The maximum atomic E-state index is 5.02. The predicted octanol–water partition coefficient (Wildman–Crippen LogP) is 14.6. The van der Waals surface area contributed by atoms with Gasteiger partial charge in [0.25, 0.3) is 0 Å². The minimum atomic E-state index is 0.431. The normalized spacial score (nSPS) is 12.9. The largest absolute Gasteiger partial charge is 0.311 e. The molecule has 0 spiro atoms. The Balaban J connectivity index is 0.965. The van der Waals surface area contributed by atoms with Crippen molar-refractivity contribution in [2.24, 2.45) is 23.7 Å². The first-order chi connectivity index (χ1) is 35.1. The van der Waals surface area contributed by atoms with Gasteiger partial charge in [0, 0.05) is 109 Å². The first-order valence-electron chi connectivity index (χ1n) is 25.8. The summed E-state index contributed by atoms with van der Waals surface area (Å²) in [5.41, 5.74) is 6.00. The van der Waals surface area contributed by atoms with E-state index < -0.39 is 0 Å². The molecule has 0 N–H and O–H groups in total. The second-order valence-electron chi connectivity index (χ2n) is 19.3. The summed E-state index contributed by atoms with van der Waals surface area (Å²) < 4.78 is 0. The van der Waals surface area contributed by atoms with Crippen LogP contribution in [-0.2, 0) is 0 Å². The lowest BCUT2D eigenvalue weighted by Crippen LogP contribution is -2.25. The Morgan fingerprint density at radius 1 is 0.278 bits per heavy atom. The maximum Gasteiger partial charge on any atom is 0.134 e. The molecular formula is C60H70N12. The van der Waals surface area contributed by atoms with Gasteiger partial charge in [0.2, 0.25) is 0 Å². The first-order valence-corrected chi connectivity index (χ1v) is 25.8. The van der Waals surface area contributed by atoms with Crippen molar-refractivity contribution in [2.75, 3.05) is 45.8 Å². The summed E-state index contributed by atoms with van der Waals surface area (Å²) in [6.07, 6.45) is 19.5. The fourth-order valence-electron chi connectivity index (χ4n) is 8.31. The molecule has 12 heteroatoms. The number of pyridine rings is 8. The standard InChI is InChI=1S/C60H70N12/c1-9-43(5)39-69(53-17-13-15-31-61-53)55-25-19-47(33-63-55)49-21-27-57(65-35-49)71(41-45(7)11-3)59-29-23-51(37-67-59)52-24-30-60(68-38-52)72(42-46(8)12-4)58-28-22-50(36-66-58)48-20-26-56(64-34-48)70(40-44(6)10-2)54-18-14-16-32-62-54/h13-38,43-46H,9-12,39-42H2,1-8H3/t43-,44-,45-,46-/m0/s1. The molecule has 0 aliphatic rings. The van der Waals surface area contributed by atoms with Gasteiger partial charge < -0.3 is 19.6 Å². The number of nitrogens with zero attached hydrogens (tertiary/aromatic N) is 12. The molecule has 8 heterocycles. The summed E-state index contributed by atoms with van der Waals surface area (Å²) >= 11 is 0. The van der Waals surface area contributed by atoms with Gasteiger partial charge in [0.05, 0.1) is 0 Å². The Morgan fingerprint density at radius 2 is 0.486 bits per heavy atom. The molecule has 0 amide bonds. The second-order valence-corrected chi connectivity index (χ2v) is 19.3. The molecule has 370 valence electrons. The monoisotopic (exact) mass is 959 g/mol. The van der Waals surface area contributed by atoms with Crippen LogP contribution in [0.15, 0.2) is 159 Å². The lowest BCUT2D eigenvalue weighted by atomic mass is 10.1. The van der Waals surface area contributed by atoms with Crippen molar-refractivity contribution in [1.82, 2.24) is 39.9 Å². The van der Waals surface area contributed by atoms with Crippen LogP contribution in [0.3, 0.4) is 0 Å². The van der Waals surface area contributed by atoms with Gasteiger partial charge in [-0.15, -0.1) is 0 Å². The van der Waals surface area contributed by atoms with Gasteiger partial charge in [0.1, 0.15) is 46.5 Å². The van der Waals surface area contributed by atoms with Crippen LogP contribution in [0.1, 0.15) is 81.1 Å². The van der Waals surface area contributed by atoms with Gasteiger partial charge in [-0.25, -0.2) is 39.9 Å². The van der Waals surface area contributed by atoms with E-state index >= 15 is 0 Å². The molecule has 4 atom stereocenters. The smallest absolute Gasteiger partial charge is 0.134 e. The summed E-state index contributed by atoms with van der Waals surface area (Å²) in [7, 11) is 0. The van der Waals surface area contributed by atoms with Gasteiger partial charge in [-0.3, -0.25) is 0 Å². The number of aromatic nitrogens is 8. The van der Waals surface area contributed by atoms with Crippen LogP contribution in [0.5, 0.6) is 0 Å². The van der Waals surface area contributed by atoms with Crippen LogP contribution < -0.4 is 19.6 Å². The van der Waals surface area contributed by atoms with E-state index in [2.05, 4.69) is 158 Å². The highest BCUT2D eigenvalue weighted by Gasteiger charge is 2.20. The van der Waals surface area contributed by atoms with Crippen molar-refractivity contribution < 1.29 is 0 Å². The molecule has 0 radical (unpaired) electrons. The summed E-state index contributed by atoms with van der Waals surface area (Å²) in [5.74, 6) is 8.80. The Bertz CT molecular complexity index is 2650. The Labute approximate surface area is 427 Å². The van der Waals surface area contributed by atoms with E-state index in [1.54, 1.807) is 0 Å².